The molecule has 1 N–H and O–H groups in total. The van der Waals surface area contributed by atoms with E-state index < -0.39 is 0 Å². The third-order valence-electron chi connectivity index (χ3n) is 2.56. The van der Waals surface area contributed by atoms with Crippen LogP contribution in [0.25, 0.3) is 6.08 Å². The number of rotatable bonds is 4. The third-order valence-corrected chi connectivity index (χ3v) is 3.29. The molecule has 0 radical (unpaired) electrons. The van der Waals surface area contributed by atoms with E-state index in [2.05, 4.69) is 73.2 Å². The Balaban J connectivity index is 2.77. The summed E-state index contributed by atoms with van der Waals surface area (Å²) >= 11 is 3.58. The summed E-state index contributed by atoms with van der Waals surface area (Å²) < 4.78 is 1.15. The Hall–Kier alpha value is -0.600. The Morgan fingerprint density at radius 3 is 2.47 bits per heavy atom. The monoisotopic (exact) mass is 295 g/mol. The quantitative estimate of drug-likeness (QED) is 0.854. The van der Waals surface area contributed by atoms with Gasteiger partial charge in [-0.15, -0.1) is 0 Å². The first-order chi connectivity index (χ1) is 7.92. The van der Waals surface area contributed by atoms with Crippen LogP contribution in [0.15, 0.2) is 34.3 Å². The zero-order chi connectivity index (χ0) is 12.9. The third kappa shape index (κ3) is 5.51. The summed E-state index contributed by atoms with van der Waals surface area (Å²) in [5, 5.41) is 3.53. The summed E-state index contributed by atoms with van der Waals surface area (Å²) in [5.74, 6) is 0. The maximum atomic E-state index is 3.58. The Bertz CT molecular complexity index is 388. The van der Waals surface area contributed by atoms with Gasteiger partial charge < -0.3 is 5.32 Å². The van der Waals surface area contributed by atoms with Gasteiger partial charge in [-0.3, -0.25) is 0 Å². The lowest BCUT2D eigenvalue weighted by Crippen LogP contribution is -2.36. The number of nitrogens with one attached hydrogen (secondary N) is 1. The van der Waals surface area contributed by atoms with Crippen molar-refractivity contribution in [2.24, 2.45) is 0 Å². The first kappa shape index (κ1) is 14.5. The molecule has 0 saturated carbocycles. The molecule has 0 bridgehead atoms. The summed E-state index contributed by atoms with van der Waals surface area (Å²) in [7, 11) is 0. The highest BCUT2D eigenvalue weighted by atomic mass is 79.9. The predicted octanol–water partition coefficient (Wildman–Crippen LogP) is 4.63. The summed E-state index contributed by atoms with van der Waals surface area (Å²) in [6, 6.07) is 8.33. The first-order valence-corrected chi connectivity index (χ1v) is 6.90. The van der Waals surface area contributed by atoms with Crippen molar-refractivity contribution in [3.8, 4) is 0 Å². The lowest BCUT2D eigenvalue weighted by Gasteiger charge is -2.21. The second-order valence-corrected chi connectivity index (χ2v) is 6.14. The second-order valence-electron chi connectivity index (χ2n) is 5.28. The van der Waals surface area contributed by atoms with Gasteiger partial charge in [0.15, 0.2) is 0 Å². The van der Waals surface area contributed by atoms with Crippen molar-refractivity contribution < 1.29 is 0 Å². The molecule has 0 fully saturated rings. The number of halogens is 1. The van der Waals surface area contributed by atoms with E-state index in [1.165, 1.54) is 11.1 Å². The fraction of sp³-hybridized carbons (Fsp3) is 0.467. The molecule has 2 heteroatoms. The van der Waals surface area contributed by atoms with Crippen molar-refractivity contribution in [1.82, 2.24) is 5.32 Å². The van der Waals surface area contributed by atoms with Crippen LogP contribution in [-0.4, -0.2) is 12.1 Å². The molecule has 0 saturated heterocycles. The lowest BCUT2D eigenvalue weighted by molar-refractivity contribution is 0.443. The van der Waals surface area contributed by atoms with Gasteiger partial charge >= 0.3 is 0 Å². The average molecular weight is 296 g/mol. The summed E-state index contributed by atoms with van der Waals surface area (Å²) in [4.78, 5) is 0. The van der Waals surface area contributed by atoms with Crippen molar-refractivity contribution in [2.75, 3.05) is 6.54 Å². The summed E-state index contributed by atoms with van der Waals surface area (Å²) in [6.45, 7) is 9.73. The molecular formula is C15H22BrN. The van der Waals surface area contributed by atoms with Crippen LogP contribution in [-0.2, 0) is 0 Å². The SMILES string of the molecule is CCC(=Cc1ccccc1Br)CNC(C)(C)C. The predicted molar refractivity (Wildman–Crippen MR) is 80.2 cm³/mol. The van der Waals surface area contributed by atoms with E-state index in [4.69, 9.17) is 0 Å². The van der Waals surface area contributed by atoms with Gasteiger partial charge in [0.1, 0.15) is 0 Å². The molecule has 1 rings (SSSR count). The normalized spacial score (nSPS) is 12.9. The molecule has 0 atom stereocenters. The van der Waals surface area contributed by atoms with Crippen LogP contribution >= 0.6 is 15.9 Å². The zero-order valence-corrected chi connectivity index (χ0v) is 12.8. The van der Waals surface area contributed by atoms with Gasteiger partial charge in [0.25, 0.3) is 0 Å². The molecule has 1 aromatic carbocycles. The van der Waals surface area contributed by atoms with Crippen molar-refractivity contribution >= 4 is 22.0 Å². The van der Waals surface area contributed by atoms with Gasteiger partial charge in [0.2, 0.25) is 0 Å². The van der Waals surface area contributed by atoms with Crippen molar-refractivity contribution in [2.45, 2.75) is 39.7 Å². The Kier molecular flexibility index (Phi) is 5.41. The van der Waals surface area contributed by atoms with Crippen molar-refractivity contribution in [3.05, 3.63) is 39.9 Å². The molecule has 17 heavy (non-hydrogen) atoms. The molecule has 0 aliphatic rings. The molecule has 1 nitrogen and oxygen atoms in total. The Morgan fingerprint density at radius 1 is 1.29 bits per heavy atom. The molecule has 0 amide bonds. The van der Waals surface area contributed by atoms with E-state index in [9.17, 15) is 0 Å². The summed E-state index contributed by atoms with van der Waals surface area (Å²) in [6.07, 6.45) is 3.34. The van der Waals surface area contributed by atoms with E-state index in [0.717, 1.165) is 17.4 Å². The van der Waals surface area contributed by atoms with Gasteiger partial charge in [0.05, 0.1) is 0 Å². The van der Waals surface area contributed by atoms with Crippen LogP contribution in [0.5, 0.6) is 0 Å². The maximum Gasteiger partial charge on any atom is 0.0247 e. The first-order valence-electron chi connectivity index (χ1n) is 6.11. The Morgan fingerprint density at radius 2 is 1.94 bits per heavy atom. The molecule has 0 spiro atoms. The highest BCUT2D eigenvalue weighted by Crippen LogP contribution is 2.19. The average Bonchev–Trinajstić information content (AvgIpc) is 2.25. The molecule has 0 aromatic heterocycles. The summed E-state index contributed by atoms with van der Waals surface area (Å²) in [5.41, 5.74) is 2.84. The van der Waals surface area contributed by atoms with E-state index in [0.29, 0.717) is 0 Å². The van der Waals surface area contributed by atoms with Gasteiger partial charge in [-0.2, -0.15) is 0 Å². The van der Waals surface area contributed by atoms with Crippen LogP contribution in [0.4, 0.5) is 0 Å². The van der Waals surface area contributed by atoms with E-state index in [1.54, 1.807) is 0 Å². The molecule has 94 valence electrons. The molecular weight excluding hydrogens is 274 g/mol. The molecule has 0 aliphatic carbocycles. The maximum absolute atomic E-state index is 3.58. The highest BCUT2D eigenvalue weighted by Gasteiger charge is 2.09. The topological polar surface area (TPSA) is 12.0 Å². The van der Waals surface area contributed by atoms with Crippen LogP contribution in [0.3, 0.4) is 0 Å². The van der Waals surface area contributed by atoms with E-state index in [1.807, 2.05) is 6.07 Å². The van der Waals surface area contributed by atoms with Gasteiger partial charge in [-0.1, -0.05) is 52.7 Å². The standard InChI is InChI=1S/C15H22BrN/c1-5-12(11-17-15(2,3)4)10-13-8-6-7-9-14(13)16/h6-10,17H,5,11H2,1-4H3. The van der Waals surface area contributed by atoms with E-state index in [-0.39, 0.29) is 5.54 Å². The van der Waals surface area contributed by atoms with E-state index >= 15 is 0 Å². The molecule has 0 unspecified atom stereocenters. The minimum Gasteiger partial charge on any atom is -0.308 e. The van der Waals surface area contributed by atoms with Crippen LogP contribution in [0.2, 0.25) is 0 Å². The van der Waals surface area contributed by atoms with Crippen LogP contribution < -0.4 is 5.32 Å². The molecule has 1 aromatic rings. The highest BCUT2D eigenvalue weighted by molar-refractivity contribution is 9.10. The number of hydrogen-bond donors (Lipinski definition) is 1. The van der Waals surface area contributed by atoms with Crippen LogP contribution in [0.1, 0.15) is 39.7 Å². The molecule has 0 heterocycles. The number of hydrogen-bond acceptors (Lipinski definition) is 1. The fourth-order valence-corrected chi connectivity index (χ4v) is 1.87. The van der Waals surface area contributed by atoms with Crippen molar-refractivity contribution in [3.63, 3.8) is 0 Å². The lowest BCUT2D eigenvalue weighted by atomic mass is 10.1. The Labute approximate surface area is 113 Å². The van der Waals surface area contributed by atoms with Crippen LogP contribution in [0, 0.1) is 0 Å². The van der Waals surface area contributed by atoms with Gasteiger partial charge in [0, 0.05) is 16.6 Å². The zero-order valence-electron chi connectivity index (χ0n) is 11.2. The molecule has 0 aliphatic heterocycles. The smallest absolute Gasteiger partial charge is 0.0247 e. The van der Waals surface area contributed by atoms with Gasteiger partial charge in [-0.05, 0) is 38.8 Å². The largest absolute Gasteiger partial charge is 0.308 e. The fourth-order valence-electron chi connectivity index (χ4n) is 1.47. The minimum atomic E-state index is 0.169. The van der Waals surface area contributed by atoms with Gasteiger partial charge in [-0.25, -0.2) is 0 Å². The number of benzene rings is 1. The van der Waals surface area contributed by atoms with Crippen molar-refractivity contribution in [1.29, 1.82) is 0 Å². The minimum absolute atomic E-state index is 0.169. The second kappa shape index (κ2) is 6.36.